The van der Waals surface area contributed by atoms with Crippen molar-refractivity contribution in [3.63, 3.8) is 0 Å². The third-order valence-electron chi connectivity index (χ3n) is 3.46. The van der Waals surface area contributed by atoms with Crippen LogP contribution in [0.5, 0.6) is 11.6 Å². The summed E-state index contributed by atoms with van der Waals surface area (Å²) in [6, 6.07) is 9.87. The molecule has 1 saturated carbocycles. The summed E-state index contributed by atoms with van der Waals surface area (Å²) in [5, 5.41) is 4.35. The normalized spacial score (nSPS) is 14.2. The summed E-state index contributed by atoms with van der Waals surface area (Å²) >= 11 is 12.1. The molecule has 0 bridgehead atoms. The van der Waals surface area contributed by atoms with Crippen LogP contribution in [0.25, 0.3) is 0 Å². The monoisotopic (exact) mass is 322 g/mol. The third-order valence-corrected chi connectivity index (χ3v) is 4.26. The number of halogens is 2. The number of pyridine rings is 1. The first-order valence-electron chi connectivity index (χ1n) is 6.95. The molecule has 3 rings (SSSR count). The summed E-state index contributed by atoms with van der Waals surface area (Å²) in [6.07, 6.45) is 2.56. The molecule has 2 aromatic rings. The van der Waals surface area contributed by atoms with Crippen LogP contribution in [0.2, 0.25) is 10.0 Å². The number of nitrogens with zero attached hydrogens (tertiary/aromatic N) is 1. The molecule has 1 N–H and O–H groups in total. The minimum absolute atomic E-state index is 0.401. The zero-order chi connectivity index (χ0) is 14.8. The highest BCUT2D eigenvalue weighted by molar-refractivity contribution is 6.42. The maximum Gasteiger partial charge on any atom is 0.219 e. The van der Waals surface area contributed by atoms with E-state index in [2.05, 4.69) is 10.3 Å². The van der Waals surface area contributed by atoms with Crippen LogP contribution < -0.4 is 10.1 Å². The Kier molecular flexibility index (Phi) is 4.34. The Morgan fingerprint density at radius 3 is 2.76 bits per heavy atom. The molecule has 0 saturated heterocycles. The smallest absolute Gasteiger partial charge is 0.219 e. The molecule has 1 fully saturated rings. The summed E-state index contributed by atoms with van der Waals surface area (Å²) in [6.45, 7) is 2.83. The molecule has 0 aliphatic heterocycles. The van der Waals surface area contributed by atoms with Crippen molar-refractivity contribution in [1.82, 2.24) is 10.3 Å². The number of aromatic nitrogens is 1. The number of aryl methyl sites for hydroxylation is 1. The van der Waals surface area contributed by atoms with E-state index >= 15 is 0 Å². The van der Waals surface area contributed by atoms with Gasteiger partial charge in [0.1, 0.15) is 10.8 Å². The van der Waals surface area contributed by atoms with E-state index < -0.39 is 0 Å². The Balaban J connectivity index is 1.73. The van der Waals surface area contributed by atoms with Gasteiger partial charge in [0.15, 0.2) is 0 Å². The fourth-order valence-electron chi connectivity index (χ4n) is 2.03. The van der Waals surface area contributed by atoms with Crippen molar-refractivity contribution in [1.29, 1.82) is 0 Å². The van der Waals surface area contributed by atoms with Gasteiger partial charge >= 0.3 is 0 Å². The summed E-state index contributed by atoms with van der Waals surface area (Å²) < 4.78 is 5.72. The van der Waals surface area contributed by atoms with Crippen molar-refractivity contribution in [3.05, 3.63) is 51.6 Å². The van der Waals surface area contributed by atoms with E-state index in [9.17, 15) is 0 Å². The predicted octanol–water partition coefficient (Wildman–Crippen LogP) is 4.74. The second kappa shape index (κ2) is 6.22. The van der Waals surface area contributed by atoms with Gasteiger partial charge < -0.3 is 10.1 Å². The molecule has 0 amide bonds. The van der Waals surface area contributed by atoms with Crippen LogP contribution in [0.4, 0.5) is 0 Å². The van der Waals surface area contributed by atoms with Gasteiger partial charge in [-0.05, 0) is 37.5 Å². The van der Waals surface area contributed by atoms with Gasteiger partial charge in [0.2, 0.25) is 5.88 Å². The largest absolute Gasteiger partial charge is 0.437 e. The van der Waals surface area contributed by atoms with Crippen molar-refractivity contribution in [3.8, 4) is 11.6 Å². The SMILES string of the molecule is Cc1nc(Oc2cccc(Cl)c2Cl)ccc1CNC1CC1. The summed E-state index contributed by atoms with van der Waals surface area (Å²) in [4.78, 5) is 4.47. The topological polar surface area (TPSA) is 34.1 Å². The Morgan fingerprint density at radius 1 is 1.24 bits per heavy atom. The maximum absolute atomic E-state index is 6.11. The van der Waals surface area contributed by atoms with Gasteiger partial charge in [-0.15, -0.1) is 0 Å². The maximum atomic E-state index is 6.11. The van der Waals surface area contributed by atoms with E-state index in [1.165, 1.54) is 18.4 Å². The molecular weight excluding hydrogens is 307 g/mol. The Morgan fingerprint density at radius 2 is 2.05 bits per heavy atom. The van der Waals surface area contributed by atoms with Crippen molar-refractivity contribution in [2.24, 2.45) is 0 Å². The van der Waals surface area contributed by atoms with Crippen molar-refractivity contribution in [2.45, 2.75) is 32.4 Å². The number of ether oxygens (including phenoxy) is 1. The molecule has 110 valence electrons. The quantitative estimate of drug-likeness (QED) is 0.863. The second-order valence-electron chi connectivity index (χ2n) is 5.20. The highest BCUT2D eigenvalue weighted by Gasteiger charge is 2.20. The number of nitrogens with one attached hydrogen (secondary N) is 1. The number of benzene rings is 1. The van der Waals surface area contributed by atoms with E-state index in [0.717, 1.165) is 12.2 Å². The van der Waals surface area contributed by atoms with E-state index in [1.54, 1.807) is 18.2 Å². The standard InChI is InChI=1S/C16H16Cl2N2O/c1-10-11(9-19-12-6-7-12)5-8-15(20-10)21-14-4-2-3-13(17)16(14)18/h2-5,8,12,19H,6-7,9H2,1H3. The fourth-order valence-corrected chi connectivity index (χ4v) is 2.36. The zero-order valence-corrected chi connectivity index (χ0v) is 13.2. The van der Waals surface area contributed by atoms with E-state index in [0.29, 0.717) is 27.7 Å². The molecule has 0 radical (unpaired) electrons. The first-order valence-corrected chi connectivity index (χ1v) is 7.71. The Hall–Kier alpha value is -1.29. The lowest BCUT2D eigenvalue weighted by molar-refractivity contribution is 0.461. The number of hydrogen-bond donors (Lipinski definition) is 1. The first kappa shape index (κ1) is 14.6. The highest BCUT2D eigenvalue weighted by Crippen LogP contribution is 2.34. The molecule has 1 aliphatic rings. The molecule has 21 heavy (non-hydrogen) atoms. The van der Waals surface area contributed by atoms with Crippen LogP contribution in [0, 0.1) is 6.92 Å². The van der Waals surface area contributed by atoms with Gasteiger partial charge in [-0.3, -0.25) is 0 Å². The number of rotatable bonds is 5. The Labute approximate surface area is 134 Å². The van der Waals surface area contributed by atoms with Crippen molar-refractivity contribution in [2.75, 3.05) is 0 Å². The minimum atomic E-state index is 0.401. The van der Waals surface area contributed by atoms with Crippen LogP contribution >= 0.6 is 23.2 Å². The van der Waals surface area contributed by atoms with Crippen LogP contribution in [-0.4, -0.2) is 11.0 Å². The van der Waals surface area contributed by atoms with Gasteiger partial charge in [0.05, 0.1) is 5.02 Å². The number of hydrogen-bond acceptors (Lipinski definition) is 3. The highest BCUT2D eigenvalue weighted by atomic mass is 35.5. The molecule has 1 aromatic heterocycles. The molecular formula is C16H16Cl2N2O. The molecule has 1 aliphatic carbocycles. The van der Waals surface area contributed by atoms with Crippen molar-refractivity contribution < 1.29 is 4.74 Å². The molecule has 1 aromatic carbocycles. The molecule has 1 heterocycles. The van der Waals surface area contributed by atoms with E-state index in [4.69, 9.17) is 27.9 Å². The van der Waals surface area contributed by atoms with Crippen LogP contribution in [-0.2, 0) is 6.54 Å². The molecule has 0 spiro atoms. The summed E-state index contributed by atoms with van der Waals surface area (Å²) in [7, 11) is 0. The van der Waals surface area contributed by atoms with Crippen LogP contribution in [0.3, 0.4) is 0 Å². The second-order valence-corrected chi connectivity index (χ2v) is 5.99. The summed E-state index contributed by atoms with van der Waals surface area (Å²) in [5.74, 6) is 1.03. The first-order chi connectivity index (χ1) is 10.1. The third kappa shape index (κ3) is 3.67. The van der Waals surface area contributed by atoms with Gasteiger partial charge in [-0.2, -0.15) is 0 Å². The van der Waals surface area contributed by atoms with E-state index in [1.807, 2.05) is 19.1 Å². The summed E-state index contributed by atoms with van der Waals surface area (Å²) in [5.41, 5.74) is 2.14. The molecule has 0 unspecified atom stereocenters. The Bertz CT molecular complexity index is 657. The van der Waals surface area contributed by atoms with E-state index in [-0.39, 0.29) is 0 Å². The van der Waals surface area contributed by atoms with Gasteiger partial charge in [-0.1, -0.05) is 35.3 Å². The molecule has 3 nitrogen and oxygen atoms in total. The lowest BCUT2D eigenvalue weighted by Crippen LogP contribution is -2.16. The van der Waals surface area contributed by atoms with Gasteiger partial charge in [0.25, 0.3) is 0 Å². The van der Waals surface area contributed by atoms with Gasteiger partial charge in [-0.25, -0.2) is 4.98 Å². The van der Waals surface area contributed by atoms with Crippen LogP contribution in [0.15, 0.2) is 30.3 Å². The fraction of sp³-hybridized carbons (Fsp3) is 0.312. The van der Waals surface area contributed by atoms with Crippen LogP contribution in [0.1, 0.15) is 24.1 Å². The minimum Gasteiger partial charge on any atom is -0.437 e. The zero-order valence-electron chi connectivity index (χ0n) is 11.7. The average molecular weight is 323 g/mol. The predicted molar refractivity (Wildman–Crippen MR) is 85.4 cm³/mol. The average Bonchev–Trinajstić information content (AvgIpc) is 3.27. The molecule has 5 heteroatoms. The van der Waals surface area contributed by atoms with Crippen molar-refractivity contribution >= 4 is 23.2 Å². The lowest BCUT2D eigenvalue weighted by atomic mass is 10.2. The lowest BCUT2D eigenvalue weighted by Gasteiger charge is -2.11. The molecule has 0 atom stereocenters. The van der Waals surface area contributed by atoms with Gasteiger partial charge in [0, 0.05) is 24.3 Å².